The Kier molecular flexibility index (Phi) is 7.09. The minimum Gasteiger partial charge on any atom is -0.493 e. The van der Waals surface area contributed by atoms with E-state index in [1.807, 2.05) is 36.9 Å². The predicted octanol–water partition coefficient (Wildman–Crippen LogP) is 3.04. The van der Waals surface area contributed by atoms with Crippen LogP contribution in [0.2, 0.25) is 0 Å². The molecule has 0 spiro atoms. The quantitative estimate of drug-likeness (QED) is 0.584. The molecule has 1 atom stereocenters. The lowest BCUT2D eigenvalue weighted by Gasteiger charge is -2.24. The van der Waals surface area contributed by atoms with E-state index in [2.05, 4.69) is 22.5 Å². The number of ether oxygens (including phenoxy) is 2. The molecule has 0 bridgehead atoms. The Morgan fingerprint density at radius 1 is 1.33 bits per heavy atom. The summed E-state index contributed by atoms with van der Waals surface area (Å²) in [5, 5.41) is 6.81. The number of hydrogen-bond acceptors (Lipinski definition) is 4. The highest BCUT2D eigenvalue weighted by Crippen LogP contribution is 2.36. The van der Waals surface area contributed by atoms with Crippen LogP contribution in [0, 0.1) is 0 Å². The van der Waals surface area contributed by atoms with Gasteiger partial charge >= 0.3 is 0 Å². The first-order valence-electron chi connectivity index (χ1n) is 8.48. The van der Waals surface area contributed by atoms with Gasteiger partial charge in [-0.2, -0.15) is 11.8 Å². The Morgan fingerprint density at radius 3 is 2.79 bits per heavy atom. The van der Waals surface area contributed by atoms with Gasteiger partial charge in [-0.15, -0.1) is 0 Å². The monoisotopic (exact) mass is 351 g/mol. The van der Waals surface area contributed by atoms with Crippen LogP contribution in [-0.2, 0) is 6.54 Å². The predicted molar refractivity (Wildman–Crippen MR) is 102 cm³/mol. The van der Waals surface area contributed by atoms with Gasteiger partial charge in [0.2, 0.25) is 0 Å². The molecular formula is C18H29N3O2S. The minimum atomic E-state index is 0.319. The molecule has 1 fully saturated rings. The summed E-state index contributed by atoms with van der Waals surface area (Å²) in [5.74, 6) is 3.62. The number of benzene rings is 1. The average Bonchev–Trinajstić information content (AvgIpc) is 3.02. The van der Waals surface area contributed by atoms with Crippen molar-refractivity contribution in [2.24, 2.45) is 4.99 Å². The van der Waals surface area contributed by atoms with E-state index in [9.17, 15) is 0 Å². The zero-order chi connectivity index (χ0) is 17.4. The van der Waals surface area contributed by atoms with Gasteiger partial charge in [0.25, 0.3) is 0 Å². The summed E-state index contributed by atoms with van der Waals surface area (Å²) in [6.45, 7) is 6.53. The molecule has 1 aromatic rings. The third-order valence-electron chi connectivity index (χ3n) is 4.14. The standard InChI is InChI=1S/C18H29N3O2S/c1-5-23-16-11-14(7-8-15(16)22-4)12-20-17(19-3)21-13-18(2)9-6-10-24-18/h7-8,11H,5-6,9-10,12-13H2,1-4H3,(H2,19,20,21). The summed E-state index contributed by atoms with van der Waals surface area (Å²) in [6, 6.07) is 5.99. The Bertz CT molecular complexity index is 557. The Labute approximate surface area is 149 Å². The van der Waals surface area contributed by atoms with Gasteiger partial charge in [0.05, 0.1) is 13.7 Å². The van der Waals surface area contributed by atoms with Crippen LogP contribution in [0.4, 0.5) is 0 Å². The lowest BCUT2D eigenvalue weighted by atomic mass is 10.1. The van der Waals surface area contributed by atoms with Crippen molar-refractivity contribution in [3.05, 3.63) is 23.8 Å². The zero-order valence-corrected chi connectivity index (χ0v) is 16.0. The van der Waals surface area contributed by atoms with Crippen molar-refractivity contribution < 1.29 is 9.47 Å². The van der Waals surface area contributed by atoms with Crippen LogP contribution in [0.15, 0.2) is 23.2 Å². The fraction of sp³-hybridized carbons (Fsp3) is 0.611. The zero-order valence-electron chi connectivity index (χ0n) is 15.1. The molecule has 24 heavy (non-hydrogen) atoms. The molecule has 1 unspecified atom stereocenters. The van der Waals surface area contributed by atoms with Crippen molar-refractivity contribution in [2.75, 3.05) is 33.1 Å². The van der Waals surface area contributed by atoms with E-state index < -0.39 is 0 Å². The first-order valence-corrected chi connectivity index (χ1v) is 9.47. The number of nitrogens with zero attached hydrogens (tertiary/aromatic N) is 1. The molecule has 0 saturated carbocycles. The first-order chi connectivity index (χ1) is 11.6. The number of aliphatic imine (C=N–C) groups is 1. The van der Waals surface area contributed by atoms with Crippen LogP contribution in [0.25, 0.3) is 0 Å². The molecule has 134 valence electrons. The molecule has 1 aromatic carbocycles. The van der Waals surface area contributed by atoms with Crippen molar-refractivity contribution in [2.45, 2.75) is 38.0 Å². The average molecular weight is 352 g/mol. The smallest absolute Gasteiger partial charge is 0.191 e. The summed E-state index contributed by atoms with van der Waals surface area (Å²) >= 11 is 2.05. The van der Waals surface area contributed by atoms with E-state index in [0.717, 1.165) is 29.6 Å². The van der Waals surface area contributed by atoms with Crippen LogP contribution in [-0.4, -0.2) is 43.8 Å². The van der Waals surface area contributed by atoms with Crippen LogP contribution in [0.5, 0.6) is 11.5 Å². The summed E-state index contributed by atoms with van der Waals surface area (Å²) in [4.78, 5) is 4.32. The molecule has 1 saturated heterocycles. The maximum Gasteiger partial charge on any atom is 0.191 e. The molecule has 0 radical (unpaired) electrons. The molecule has 1 aliphatic rings. The second-order valence-electron chi connectivity index (χ2n) is 6.10. The van der Waals surface area contributed by atoms with Crippen molar-refractivity contribution in [3.8, 4) is 11.5 Å². The van der Waals surface area contributed by atoms with Crippen LogP contribution in [0.1, 0.15) is 32.3 Å². The van der Waals surface area contributed by atoms with E-state index in [1.165, 1.54) is 18.6 Å². The molecule has 1 aliphatic heterocycles. The van der Waals surface area contributed by atoms with Gasteiger partial charge in [-0.3, -0.25) is 4.99 Å². The maximum absolute atomic E-state index is 5.63. The van der Waals surface area contributed by atoms with E-state index in [4.69, 9.17) is 9.47 Å². The molecule has 2 rings (SSSR count). The van der Waals surface area contributed by atoms with E-state index in [0.29, 0.717) is 17.9 Å². The second kappa shape index (κ2) is 9.06. The lowest BCUT2D eigenvalue weighted by Crippen LogP contribution is -2.43. The van der Waals surface area contributed by atoms with Crippen LogP contribution >= 0.6 is 11.8 Å². The minimum absolute atomic E-state index is 0.319. The van der Waals surface area contributed by atoms with Crippen molar-refractivity contribution in [1.29, 1.82) is 0 Å². The normalized spacial score (nSPS) is 20.8. The van der Waals surface area contributed by atoms with E-state index in [1.54, 1.807) is 14.2 Å². The van der Waals surface area contributed by atoms with Gasteiger partial charge < -0.3 is 20.1 Å². The maximum atomic E-state index is 5.63. The van der Waals surface area contributed by atoms with Crippen LogP contribution < -0.4 is 20.1 Å². The van der Waals surface area contributed by atoms with Crippen LogP contribution in [0.3, 0.4) is 0 Å². The number of thioether (sulfide) groups is 1. The summed E-state index contributed by atoms with van der Waals surface area (Å²) in [5.41, 5.74) is 1.13. The van der Waals surface area contributed by atoms with E-state index in [-0.39, 0.29) is 0 Å². The number of hydrogen-bond donors (Lipinski definition) is 2. The van der Waals surface area contributed by atoms with Gasteiger partial charge in [0.15, 0.2) is 17.5 Å². The summed E-state index contributed by atoms with van der Waals surface area (Å²) < 4.78 is 11.3. The fourth-order valence-corrected chi connectivity index (χ4v) is 4.00. The highest BCUT2D eigenvalue weighted by Gasteiger charge is 2.29. The third-order valence-corrected chi connectivity index (χ3v) is 5.68. The molecule has 0 aromatic heterocycles. The van der Waals surface area contributed by atoms with Crippen molar-refractivity contribution in [1.82, 2.24) is 10.6 Å². The van der Waals surface area contributed by atoms with Gasteiger partial charge in [-0.05, 0) is 50.1 Å². The van der Waals surface area contributed by atoms with Gasteiger partial charge in [-0.25, -0.2) is 0 Å². The largest absolute Gasteiger partial charge is 0.493 e. The summed E-state index contributed by atoms with van der Waals surface area (Å²) in [7, 11) is 3.46. The van der Waals surface area contributed by atoms with Crippen molar-refractivity contribution >= 4 is 17.7 Å². The topological polar surface area (TPSA) is 54.9 Å². The fourth-order valence-electron chi connectivity index (χ4n) is 2.75. The highest BCUT2D eigenvalue weighted by molar-refractivity contribution is 8.00. The Hall–Kier alpha value is -1.56. The SMILES string of the molecule is CCOc1cc(CNC(=NC)NCC2(C)CCCS2)ccc1OC. The Morgan fingerprint density at radius 2 is 2.17 bits per heavy atom. The molecule has 2 N–H and O–H groups in total. The summed E-state index contributed by atoms with van der Waals surface area (Å²) in [6.07, 6.45) is 2.57. The first kappa shape index (κ1) is 18.8. The van der Waals surface area contributed by atoms with E-state index >= 15 is 0 Å². The lowest BCUT2D eigenvalue weighted by molar-refractivity contribution is 0.310. The van der Waals surface area contributed by atoms with Gasteiger partial charge in [0, 0.05) is 24.9 Å². The second-order valence-corrected chi connectivity index (χ2v) is 7.78. The number of methoxy groups -OCH3 is 1. The third kappa shape index (κ3) is 5.23. The number of nitrogens with one attached hydrogen (secondary N) is 2. The van der Waals surface area contributed by atoms with Crippen molar-refractivity contribution in [3.63, 3.8) is 0 Å². The van der Waals surface area contributed by atoms with Gasteiger partial charge in [-0.1, -0.05) is 6.07 Å². The Balaban J connectivity index is 1.89. The molecule has 0 aliphatic carbocycles. The molecule has 5 nitrogen and oxygen atoms in total. The molecule has 1 heterocycles. The van der Waals surface area contributed by atoms with Gasteiger partial charge in [0.1, 0.15) is 0 Å². The highest BCUT2D eigenvalue weighted by atomic mass is 32.2. The molecular weight excluding hydrogens is 322 g/mol. The number of rotatable bonds is 7. The number of guanidine groups is 1. The molecule has 0 amide bonds. The molecule has 6 heteroatoms.